The minimum Gasteiger partial charge on any atom is -0.444 e. The number of aryl methyl sites for hydroxylation is 1. The molecule has 0 saturated heterocycles. The fourth-order valence-corrected chi connectivity index (χ4v) is 2.66. The highest BCUT2D eigenvalue weighted by atomic mass is 16.6. The van der Waals surface area contributed by atoms with Gasteiger partial charge >= 0.3 is 6.09 Å². The van der Waals surface area contributed by atoms with Crippen LogP contribution in [0.5, 0.6) is 0 Å². The minimum atomic E-state index is -0.518. The fourth-order valence-electron chi connectivity index (χ4n) is 2.66. The van der Waals surface area contributed by atoms with Gasteiger partial charge in [0.25, 0.3) is 0 Å². The van der Waals surface area contributed by atoms with E-state index in [1.54, 1.807) is 6.20 Å². The smallest absolute Gasteiger partial charge is 0.407 e. The lowest BCUT2D eigenvalue weighted by molar-refractivity contribution is -0.119. The molecule has 126 valence electrons. The summed E-state index contributed by atoms with van der Waals surface area (Å²) in [6.45, 7) is 7.43. The van der Waals surface area contributed by atoms with Crippen LogP contribution in [0.2, 0.25) is 0 Å². The molecule has 1 saturated carbocycles. The SMILES string of the molecule is Cc1ccnc(NC(=O)[C@H]2CC[C@@H](NC(=O)OC(C)(C)C)C2)c1. The molecule has 0 bridgehead atoms. The average molecular weight is 319 g/mol. The highest BCUT2D eigenvalue weighted by Crippen LogP contribution is 2.27. The Morgan fingerprint density at radius 1 is 1.30 bits per heavy atom. The molecule has 23 heavy (non-hydrogen) atoms. The number of hydrogen-bond donors (Lipinski definition) is 2. The molecule has 1 fully saturated rings. The zero-order valence-electron chi connectivity index (χ0n) is 14.2. The summed E-state index contributed by atoms with van der Waals surface area (Å²) in [4.78, 5) is 28.2. The lowest BCUT2D eigenvalue weighted by atomic mass is 10.1. The first kappa shape index (κ1) is 17.2. The standard InChI is InChI=1S/C17H25N3O3/c1-11-7-8-18-14(9-11)20-15(21)12-5-6-13(10-12)19-16(22)23-17(2,3)4/h7-9,12-13H,5-6,10H2,1-4H3,(H,19,22)(H,18,20,21)/t12-,13+/m0/s1. The summed E-state index contributed by atoms with van der Waals surface area (Å²) in [6, 6.07) is 3.70. The molecular weight excluding hydrogens is 294 g/mol. The summed E-state index contributed by atoms with van der Waals surface area (Å²) in [6.07, 6.45) is 3.39. The molecule has 6 heteroatoms. The first-order chi connectivity index (χ1) is 10.7. The highest BCUT2D eigenvalue weighted by molar-refractivity contribution is 5.92. The number of hydrogen-bond acceptors (Lipinski definition) is 4. The molecule has 2 atom stereocenters. The molecule has 1 aromatic rings. The minimum absolute atomic E-state index is 0.0222. The van der Waals surface area contributed by atoms with Crippen LogP contribution in [0.4, 0.5) is 10.6 Å². The summed E-state index contributed by atoms with van der Waals surface area (Å²) < 4.78 is 5.24. The summed E-state index contributed by atoms with van der Waals surface area (Å²) >= 11 is 0. The topological polar surface area (TPSA) is 80.3 Å². The fraction of sp³-hybridized carbons (Fsp3) is 0.588. The van der Waals surface area contributed by atoms with Gasteiger partial charge in [0.05, 0.1) is 0 Å². The van der Waals surface area contributed by atoms with Crippen LogP contribution in [0.1, 0.15) is 45.6 Å². The largest absolute Gasteiger partial charge is 0.444 e. The predicted octanol–water partition coefficient (Wildman–Crippen LogP) is 3.02. The van der Waals surface area contributed by atoms with Crippen molar-refractivity contribution in [1.29, 1.82) is 0 Å². The second-order valence-electron chi connectivity index (χ2n) is 7.06. The summed E-state index contributed by atoms with van der Waals surface area (Å²) in [5.74, 6) is 0.410. The Morgan fingerprint density at radius 2 is 2.04 bits per heavy atom. The normalized spacial score (nSPS) is 20.9. The van der Waals surface area contributed by atoms with E-state index in [0.717, 1.165) is 18.4 Å². The van der Waals surface area contributed by atoms with Crippen molar-refractivity contribution in [3.8, 4) is 0 Å². The molecule has 1 heterocycles. The molecule has 0 aliphatic heterocycles. The number of alkyl carbamates (subject to hydrolysis) is 1. The van der Waals surface area contributed by atoms with Crippen LogP contribution in [0.15, 0.2) is 18.3 Å². The average Bonchev–Trinajstić information content (AvgIpc) is 2.84. The van der Waals surface area contributed by atoms with Crippen molar-refractivity contribution in [3.63, 3.8) is 0 Å². The zero-order chi connectivity index (χ0) is 17.0. The summed E-state index contributed by atoms with van der Waals surface area (Å²) in [5, 5.41) is 5.68. The third kappa shape index (κ3) is 5.54. The van der Waals surface area contributed by atoms with Crippen LogP contribution >= 0.6 is 0 Å². The molecule has 0 radical (unpaired) electrons. The van der Waals surface area contributed by atoms with Gasteiger partial charge < -0.3 is 15.4 Å². The molecule has 0 unspecified atom stereocenters. The Bertz CT molecular complexity index is 581. The number of anilines is 1. The van der Waals surface area contributed by atoms with Gasteiger partial charge in [0.1, 0.15) is 11.4 Å². The van der Waals surface area contributed by atoms with E-state index >= 15 is 0 Å². The van der Waals surface area contributed by atoms with E-state index in [4.69, 9.17) is 4.74 Å². The molecule has 2 amide bonds. The maximum absolute atomic E-state index is 12.3. The van der Waals surface area contributed by atoms with Gasteiger partial charge in [-0.05, 0) is 64.7 Å². The van der Waals surface area contributed by atoms with Crippen molar-refractivity contribution in [2.75, 3.05) is 5.32 Å². The van der Waals surface area contributed by atoms with Crippen LogP contribution in [0.3, 0.4) is 0 Å². The van der Waals surface area contributed by atoms with Crippen LogP contribution in [0, 0.1) is 12.8 Å². The Kier molecular flexibility index (Phi) is 5.23. The highest BCUT2D eigenvalue weighted by Gasteiger charge is 2.32. The predicted molar refractivity (Wildman–Crippen MR) is 88.1 cm³/mol. The number of ether oxygens (including phenoxy) is 1. The maximum Gasteiger partial charge on any atom is 0.407 e. The van der Waals surface area contributed by atoms with E-state index in [2.05, 4.69) is 15.6 Å². The van der Waals surface area contributed by atoms with Crippen LogP contribution in [-0.2, 0) is 9.53 Å². The number of carbonyl (C=O) groups excluding carboxylic acids is 2. The van der Waals surface area contributed by atoms with Crippen molar-refractivity contribution in [2.24, 2.45) is 5.92 Å². The van der Waals surface area contributed by atoms with E-state index in [1.807, 2.05) is 39.8 Å². The second-order valence-corrected chi connectivity index (χ2v) is 7.06. The van der Waals surface area contributed by atoms with Gasteiger partial charge in [0.15, 0.2) is 0 Å². The molecule has 2 rings (SSSR count). The van der Waals surface area contributed by atoms with Crippen molar-refractivity contribution in [1.82, 2.24) is 10.3 Å². The van der Waals surface area contributed by atoms with Crippen molar-refractivity contribution in [2.45, 2.75) is 58.6 Å². The van der Waals surface area contributed by atoms with E-state index < -0.39 is 11.7 Å². The number of nitrogens with one attached hydrogen (secondary N) is 2. The quantitative estimate of drug-likeness (QED) is 0.897. The van der Waals surface area contributed by atoms with Crippen LogP contribution in [-0.4, -0.2) is 28.6 Å². The van der Waals surface area contributed by atoms with Gasteiger partial charge in [-0.25, -0.2) is 9.78 Å². The van der Waals surface area contributed by atoms with Crippen LogP contribution < -0.4 is 10.6 Å². The van der Waals surface area contributed by atoms with Gasteiger partial charge in [-0.15, -0.1) is 0 Å². The second kappa shape index (κ2) is 6.98. The van der Waals surface area contributed by atoms with E-state index in [-0.39, 0.29) is 17.9 Å². The zero-order valence-corrected chi connectivity index (χ0v) is 14.2. The first-order valence-corrected chi connectivity index (χ1v) is 7.96. The molecule has 6 nitrogen and oxygen atoms in total. The summed E-state index contributed by atoms with van der Waals surface area (Å²) in [5.41, 5.74) is 0.530. The van der Waals surface area contributed by atoms with Crippen molar-refractivity contribution in [3.05, 3.63) is 23.9 Å². The third-order valence-electron chi connectivity index (χ3n) is 3.69. The Morgan fingerprint density at radius 3 is 2.70 bits per heavy atom. The van der Waals surface area contributed by atoms with Gasteiger partial charge in [0.2, 0.25) is 5.91 Å². The number of carbonyl (C=O) groups is 2. The molecule has 0 spiro atoms. The van der Waals surface area contributed by atoms with E-state index in [9.17, 15) is 9.59 Å². The molecule has 1 aromatic heterocycles. The van der Waals surface area contributed by atoms with Gasteiger partial charge in [-0.2, -0.15) is 0 Å². The van der Waals surface area contributed by atoms with E-state index in [1.165, 1.54) is 0 Å². The third-order valence-corrected chi connectivity index (χ3v) is 3.69. The number of aromatic nitrogens is 1. The molecular formula is C17H25N3O3. The Balaban J connectivity index is 1.82. The Labute approximate surface area is 137 Å². The molecule has 2 N–H and O–H groups in total. The molecule has 1 aliphatic carbocycles. The first-order valence-electron chi connectivity index (χ1n) is 7.96. The molecule has 1 aliphatic rings. The number of rotatable bonds is 3. The van der Waals surface area contributed by atoms with Crippen molar-refractivity contribution >= 4 is 17.8 Å². The number of nitrogens with zero attached hydrogens (tertiary/aromatic N) is 1. The van der Waals surface area contributed by atoms with Gasteiger partial charge in [0, 0.05) is 18.2 Å². The molecule has 0 aromatic carbocycles. The van der Waals surface area contributed by atoms with Crippen LogP contribution in [0.25, 0.3) is 0 Å². The monoisotopic (exact) mass is 319 g/mol. The number of amides is 2. The summed E-state index contributed by atoms with van der Waals surface area (Å²) in [7, 11) is 0. The number of pyridine rings is 1. The van der Waals surface area contributed by atoms with Gasteiger partial charge in [-0.1, -0.05) is 0 Å². The lowest BCUT2D eigenvalue weighted by Gasteiger charge is -2.21. The van der Waals surface area contributed by atoms with E-state index in [0.29, 0.717) is 12.2 Å². The van der Waals surface area contributed by atoms with Gasteiger partial charge in [-0.3, -0.25) is 4.79 Å². The maximum atomic E-state index is 12.3. The Hall–Kier alpha value is -2.11. The van der Waals surface area contributed by atoms with Crippen molar-refractivity contribution < 1.29 is 14.3 Å². The lowest BCUT2D eigenvalue weighted by Crippen LogP contribution is -2.38.